The standard InChI is InChI=1S/C23H27N5O4/c1-3-32-18-7-5-17(6-8-18)19-20(22(30)28(21(19)29)15-16-31-2)26-11-13-27(14-12-26)23-24-9-4-10-25-23/h4-10H,3,11-16H2,1-2H3. The summed E-state index contributed by atoms with van der Waals surface area (Å²) in [4.78, 5) is 40.6. The molecule has 4 rings (SSSR count). The number of methoxy groups -OCH3 is 1. The van der Waals surface area contributed by atoms with Crippen molar-refractivity contribution in [2.24, 2.45) is 0 Å². The number of anilines is 1. The molecule has 0 spiro atoms. The van der Waals surface area contributed by atoms with Crippen LogP contribution in [0, 0.1) is 0 Å². The third kappa shape index (κ3) is 4.29. The third-order valence-electron chi connectivity index (χ3n) is 5.55. The van der Waals surface area contributed by atoms with E-state index in [9.17, 15) is 9.59 Å². The van der Waals surface area contributed by atoms with Crippen LogP contribution in [0.25, 0.3) is 5.57 Å². The minimum atomic E-state index is -0.292. The SMILES string of the molecule is CCOc1ccc(C2=C(N3CCN(c4ncccn4)CC3)C(=O)N(CCOC)C2=O)cc1. The number of nitrogens with zero attached hydrogens (tertiary/aromatic N) is 5. The number of carbonyl (C=O) groups excluding carboxylic acids is 2. The van der Waals surface area contributed by atoms with Gasteiger partial charge in [-0.2, -0.15) is 0 Å². The second-order valence-corrected chi connectivity index (χ2v) is 7.46. The highest BCUT2D eigenvalue weighted by atomic mass is 16.5. The van der Waals surface area contributed by atoms with E-state index in [4.69, 9.17) is 9.47 Å². The first-order chi connectivity index (χ1) is 15.6. The Labute approximate surface area is 187 Å². The minimum absolute atomic E-state index is 0.218. The Morgan fingerprint density at radius 3 is 2.22 bits per heavy atom. The lowest BCUT2D eigenvalue weighted by atomic mass is 10.0. The third-order valence-corrected chi connectivity index (χ3v) is 5.55. The Hall–Kier alpha value is -3.46. The normalized spacial score (nSPS) is 16.9. The predicted octanol–water partition coefficient (Wildman–Crippen LogP) is 1.42. The zero-order valence-electron chi connectivity index (χ0n) is 18.4. The summed E-state index contributed by atoms with van der Waals surface area (Å²) in [5, 5.41) is 0. The van der Waals surface area contributed by atoms with Crippen LogP contribution in [0.15, 0.2) is 48.4 Å². The fourth-order valence-electron chi connectivity index (χ4n) is 3.97. The number of carbonyl (C=O) groups is 2. The zero-order chi connectivity index (χ0) is 22.5. The molecular formula is C23H27N5O4. The van der Waals surface area contributed by atoms with E-state index >= 15 is 0 Å². The quantitative estimate of drug-likeness (QED) is 0.573. The van der Waals surface area contributed by atoms with Crippen molar-refractivity contribution < 1.29 is 19.1 Å². The number of hydrogen-bond acceptors (Lipinski definition) is 8. The van der Waals surface area contributed by atoms with Gasteiger partial charge in [0.15, 0.2) is 0 Å². The van der Waals surface area contributed by atoms with Gasteiger partial charge in [-0.3, -0.25) is 14.5 Å². The summed E-state index contributed by atoms with van der Waals surface area (Å²) in [5.74, 6) is 0.826. The number of amides is 2. The highest BCUT2D eigenvalue weighted by Crippen LogP contribution is 2.33. The number of benzene rings is 1. The van der Waals surface area contributed by atoms with Crippen molar-refractivity contribution in [2.75, 3.05) is 57.9 Å². The highest BCUT2D eigenvalue weighted by molar-refractivity contribution is 6.35. The molecule has 32 heavy (non-hydrogen) atoms. The van der Waals surface area contributed by atoms with Crippen molar-refractivity contribution in [3.05, 3.63) is 54.0 Å². The van der Waals surface area contributed by atoms with Crippen LogP contribution in [0.2, 0.25) is 0 Å². The highest BCUT2D eigenvalue weighted by Gasteiger charge is 2.42. The van der Waals surface area contributed by atoms with E-state index < -0.39 is 0 Å². The number of aromatic nitrogens is 2. The minimum Gasteiger partial charge on any atom is -0.494 e. The van der Waals surface area contributed by atoms with E-state index in [1.165, 1.54) is 4.90 Å². The smallest absolute Gasteiger partial charge is 0.277 e. The average Bonchev–Trinajstić information content (AvgIpc) is 3.08. The topological polar surface area (TPSA) is 88.1 Å². The monoisotopic (exact) mass is 437 g/mol. The van der Waals surface area contributed by atoms with Gasteiger partial charge in [0.2, 0.25) is 5.95 Å². The molecule has 1 saturated heterocycles. The van der Waals surface area contributed by atoms with Gasteiger partial charge in [0, 0.05) is 45.7 Å². The number of ether oxygens (including phenoxy) is 2. The molecule has 1 aromatic carbocycles. The average molecular weight is 438 g/mol. The maximum absolute atomic E-state index is 13.3. The first-order valence-corrected chi connectivity index (χ1v) is 10.7. The van der Waals surface area contributed by atoms with Crippen LogP contribution in [-0.2, 0) is 14.3 Å². The lowest BCUT2D eigenvalue weighted by Gasteiger charge is -2.36. The Bertz CT molecular complexity index is 985. The van der Waals surface area contributed by atoms with Crippen LogP contribution in [-0.4, -0.2) is 84.6 Å². The summed E-state index contributed by atoms with van der Waals surface area (Å²) < 4.78 is 10.6. The van der Waals surface area contributed by atoms with E-state index in [2.05, 4.69) is 14.9 Å². The number of hydrogen-bond donors (Lipinski definition) is 0. The summed E-state index contributed by atoms with van der Waals surface area (Å²) in [6.07, 6.45) is 3.43. The molecule has 1 fully saturated rings. The van der Waals surface area contributed by atoms with E-state index in [-0.39, 0.29) is 18.4 Å². The summed E-state index contributed by atoms with van der Waals surface area (Å²) in [5.41, 5.74) is 1.58. The fraction of sp³-hybridized carbons (Fsp3) is 0.391. The van der Waals surface area contributed by atoms with Crippen LogP contribution >= 0.6 is 0 Å². The number of piperazine rings is 1. The second kappa shape index (κ2) is 9.78. The van der Waals surface area contributed by atoms with Gasteiger partial charge in [-0.05, 0) is 30.7 Å². The largest absolute Gasteiger partial charge is 0.494 e. The Balaban J connectivity index is 1.62. The van der Waals surface area contributed by atoms with Crippen LogP contribution in [0.4, 0.5) is 5.95 Å². The summed E-state index contributed by atoms with van der Waals surface area (Å²) in [7, 11) is 1.55. The van der Waals surface area contributed by atoms with E-state index in [1.807, 2.05) is 36.1 Å². The number of imide groups is 1. The van der Waals surface area contributed by atoms with Gasteiger partial charge >= 0.3 is 0 Å². The molecule has 2 aliphatic heterocycles. The summed E-state index contributed by atoms with van der Waals surface area (Å²) >= 11 is 0. The summed E-state index contributed by atoms with van der Waals surface area (Å²) in [6.45, 7) is 5.48. The van der Waals surface area contributed by atoms with Crippen molar-refractivity contribution in [1.29, 1.82) is 0 Å². The van der Waals surface area contributed by atoms with Gasteiger partial charge in [0.25, 0.3) is 11.8 Å². The van der Waals surface area contributed by atoms with Crippen molar-refractivity contribution in [1.82, 2.24) is 19.8 Å². The maximum atomic E-state index is 13.3. The Kier molecular flexibility index (Phi) is 6.65. The molecule has 2 amide bonds. The Morgan fingerprint density at radius 1 is 0.938 bits per heavy atom. The molecule has 2 aromatic rings. The molecule has 9 nitrogen and oxygen atoms in total. The first-order valence-electron chi connectivity index (χ1n) is 10.7. The van der Waals surface area contributed by atoms with Crippen molar-refractivity contribution >= 4 is 23.3 Å². The molecule has 9 heteroatoms. The molecule has 0 atom stereocenters. The molecule has 0 bridgehead atoms. The lowest BCUT2D eigenvalue weighted by molar-refractivity contribution is -0.138. The van der Waals surface area contributed by atoms with E-state index in [0.29, 0.717) is 62.2 Å². The molecule has 0 radical (unpaired) electrons. The maximum Gasteiger partial charge on any atom is 0.277 e. The van der Waals surface area contributed by atoms with Crippen molar-refractivity contribution in [3.8, 4) is 5.75 Å². The molecular weight excluding hydrogens is 410 g/mol. The summed E-state index contributed by atoms with van der Waals surface area (Å²) in [6, 6.07) is 9.09. The predicted molar refractivity (Wildman–Crippen MR) is 119 cm³/mol. The van der Waals surface area contributed by atoms with Crippen molar-refractivity contribution in [3.63, 3.8) is 0 Å². The van der Waals surface area contributed by atoms with Crippen LogP contribution in [0.1, 0.15) is 12.5 Å². The van der Waals surface area contributed by atoms with Gasteiger partial charge in [-0.25, -0.2) is 9.97 Å². The molecule has 0 N–H and O–H groups in total. The van der Waals surface area contributed by atoms with Gasteiger partial charge in [0.1, 0.15) is 11.4 Å². The van der Waals surface area contributed by atoms with Gasteiger partial charge in [-0.1, -0.05) is 12.1 Å². The van der Waals surface area contributed by atoms with Gasteiger partial charge < -0.3 is 19.3 Å². The number of rotatable bonds is 8. The Morgan fingerprint density at radius 2 is 1.59 bits per heavy atom. The van der Waals surface area contributed by atoms with E-state index in [1.54, 1.807) is 25.6 Å². The molecule has 168 valence electrons. The van der Waals surface area contributed by atoms with Crippen LogP contribution < -0.4 is 9.64 Å². The fourth-order valence-corrected chi connectivity index (χ4v) is 3.97. The molecule has 0 unspecified atom stereocenters. The van der Waals surface area contributed by atoms with Gasteiger partial charge in [-0.15, -0.1) is 0 Å². The second-order valence-electron chi connectivity index (χ2n) is 7.46. The zero-order valence-corrected chi connectivity index (χ0v) is 18.4. The van der Waals surface area contributed by atoms with Crippen molar-refractivity contribution in [2.45, 2.75) is 6.92 Å². The van der Waals surface area contributed by atoms with Crippen LogP contribution in [0.5, 0.6) is 5.75 Å². The van der Waals surface area contributed by atoms with E-state index in [0.717, 1.165) is 5.75 Å². The molecule has 3 heterocycles. The molecule has 0 aliphatic carbocycles. The molecule has 2 aliphatic rings. The molecule has 0 saturated carbocycles. The van der Waals surface area contributed by atoms with Crippen LogP contribution in [0.3, 0.4) is 0 Å². The molecule has 1 aromatic heterocycles. The lowest BCUT2D eigenvalue weighted by Crippen LogP contribution is -2.48. The first kappa shape index (κ1) is 21.8. The van der Waals surface area contributed by atoms with Gasteiger partial charge in [0.05, 0.1) is 25.3 Å².